The number of hydrogen-bond donors (Lipinski definition) is 0. The van der Waals surface area contributed by atoms with E-state index in [1.165, 1.54) is 0 Å². The summed E-state index contributed by atoms with van der Waals surface area (Å²) in [5.74, 6) is 0.450. The van der Waals surface area contributed by atoms with Gasteiger partial charge in [-0.3, -0.25) is 0 Å². The Balaban J connectivity index is 2.16. The molecule has 2 rings (SSSR count). The van der Waals surface area contributed by atoms with Crippen LogP contribution in [-0.2, 0) is 10.0 Å². The second-order valence-electron chi connectivity index (χ2n) is 4.81. The maximum atomic E-state index is 12.0. The van der Waals surface area contributed by atoms with Gasteiger partial charge in [-0.05, 0) is 31.6 Å². The molecule has 0 aromatic heterocycles. The van der Waals surface area contributed by atoms with E-state index in [0.717, 1.165) is 32.2 Å². The Morgan fingerprint density at radius 1 is 1.21 bits per heavy atom. The number of rotatable bonds is 3. The first kappa shape index (κ1) is 10.4. The Morgan fingerprint density at radius 3 is 2.36 bits per heavy atom. The van der Waals surface area contributed by atoms with E-state index in [1.807, 2.05) is 0 Å². The lowest BCUT2D eigenvalue weighted by Crippen LogP contribution is -2.40. The van der Waals surface area contributed by atoms with Crippen LogP contribution < -0.4 is 0 Å². The van der Waals surface area contributed by atoms with Crippen LogP contribution in [0.1, 0.15) is 39.5 Å². The molecule has 2 aliphatic rings. The van der Waals surface area contributed by atoms with E-state index >= 15 is 0 Å². The van der Waals surface area contributed by atoms with Gasteiger partial charge in [0, 0.05) is 12.6 Å². The molecule has 0 amide bonds. The van der Waals surface area contributed by atoms with Crippen LogP contribution in [0.3, 0.4) is 0 Å². The van der Waals surface area contributed by atoms with Crippen molar-refractivity contribution in [1.29, 1.82) is 0 Å². The summed E-state index contributed by atoms with van der Waals surface area (Å²) < 4.78 is 25.8. The lowest BCUT2D eigenvalue weighted by Gasteiger charge is -2.26. The van der Waals surface area contributed by atoms with Crippen LogP contribution in [0.2, 0.25) is 0 Å². The second-order valence-corrected chi connectivity index (χ2v) is 6.97. The Bertz CT molecular complexity index is 306. The van der Waals surface area contributed by atoms with Crippen molar-refractivity contribution in [3.05, 3.63) is 0 Å². The Kier molecular flexibility index (Phi) is 2.60. The molecule has 0 aromatic carbocycles. The highest BCUT2D eigenvalue weighted by Crippen LogP contribution is 2.36. The molecule has 1 aliphatic heterocycles. The molecule has 0 N–H and O–H groups in total. The van der Waals surface area contributed by atoms with Gasteiger partial charge in [0.2, 0.25) is 10.0 Å². The fraction of sp³-hybridized carbons (Fsp3) is 1.00. The minimum atomic E-state index is -2.93. The van der Waals surface area contributed by atoms with Crippen molar-refractivity contribution in [2.45, 2.75) is 50.8 Å². The Morgan fingerprint density at radius 2 is 1.86 bits per heavy atom. The van der Waals surface area contributed by atoms with Crippen LogP contribution in [0.5, 0.6) is 0 Å². The lowest BCUT2D eigenvalue weighted by molar-refractivity contribution is 0.315. The van der Waals surface area contributed by atoms with Gasteiger partial charge in [0.25, 0.3) is 0 Å². The zero-order chi connectivity index (χ0) is 10.3. The van der Waals surface area contributed by atoms with Gasteiger partial charge in [-0.2, -0.15) is 4.31 Å². The van der Waals surface area contributed by atoms with Crippen molar-refractivity contribution in [3.63, 3.8) is 0 Å². The molecule has 1 saturated carbocycles. The number of sulfonamides is 1. The normalized spacial score (nSPS) is 30.1. The molecule has 1 aliphatic carbocycles. The van der Waals surface area contributed by atoms with Crippen molar-refractivity contribution >= 4 is 10.0 Å². The fourth-order valence-corrected chi connectivity index (χ4v) is 4.53. The van der Waals surface area contributed by atoms with Crippen LogP contribution in [0, 0.1) is 5.92 Å². The zero-order valence-electron chi connectivity index (χ0n) is 8.94. The van der Waals surface area contributed by atoms with Gasteiger partial charge >= 0.3 is 0 Å². The topological polar surface area (TPSA) is 37.4 Å². The summed E-state index contributed by atoms with van der Waals surface area (Å²) in [5.41, 5.74) is 0. The second kappa shape index (κ2) is 3.49. The highest BCUT2D eigenvalue weighted by atomic mass is 32.2. The third kappa shape index (κ3) is 1.70. The average molecular weight is 217 g/mol. The van der Waals surface area contributed by atoms with Crippen molar-refractivity contribution in [3.8, 4) is 0 Å². The summed E-state index contributed by atoms with van der Waals surface area (Å²) in [5, 5.41) is -0.0400. The highest BCUT2D eigenvalue weighted by Gasteiger charge is 2.44. The third-order valence-electron chi connectivity index (χ3n) is 3.29. The van der Waals surface area contributed by atoms with E-state index in [2.05, 4.69) is 13.8 Å². The molecular formula is C10H19NO2S. The summed E-state index contributed by atoms with van der Waals surface area (Å²) in [7, 11) is -2.93. The molecule has 1 unspecified atom stereocenters. The molecule has 0 spiro atoms. The molecule has 1 heterocycles. The zero-order valence-corrected chi connectivity index (χ0v) is 9.76. The van der Waals surface area contributed by atoms with E-state index in [0.29, 0.717) is 5.92 Å². The molecule has 0 aromatic rings. The van der Waals surface area contributed by atoms with Gasteiger partial charge in [-0.25, -0.2) is 8.42 Å². The third-order valence-corrected chi connectivity index (χ3v) is 5.71. The molecule has 1 saturated heterocycles. The molecule has 1 atom stereocenters. The summed E-state index contributed by atoms with van der Waals surface area (Å²) >= 11 is 0. The van der Waals surface area contributed by atoms with Crippen molar-refractivity contribution in [2.24, 2.45) is 5.92 Å². The molecule has 82 valence electrons. The average Bonchev–Trinajstić information content (AvgIpc) is 2.82. The number of nitrogens with zero attached hydrogens (tertiary/aromatic N) is 1. The minimum absolute atomic E-state index is 0.0400. The van der Waals surface area contributed by atoms with Crippen LogP contribution in [0.15, 0.2) is 0 Å². The van der Waals surface area contributed by atoms with Crippen LogP contribution in [0.4, 0.5) is 0 Å². The summed E-state index contributed by atoms with van der Waals surface area (Å²) in [6.07, 6.45) is 3.84. The predicted octanol–water partition coefficient (Wildman–Crippen LogP) is 1.60. The lowest BCUT2D eigenvalue weighted by atomic mass is 10.0. The number of hydrogen-bond acceptors (Lipinski definition) is 2. The summed E-state index contributed by atoms with van der Waals surface area (Å²) in [6, 6.07) is 0.264. The van der Waals surface area contributed by atoms with Gasteiger partial charge in [0.05, 0.1) is 5.25 Å². The van der Waals surface area contributed by atoms with Crippen molar-refractivity contribution in [2.75, 3.05) is 6.54 Å². The fourth-order valence-electron chi connectivity index (χ4n) is 2.31. The van der Waals surface area contributed by atoms with Gasteiger partial charge < -0.3 is 0 Å². The van der Waals surface area contributed by atoms with E-state index in [-0.39, 0.29) is 11.3 Å². The van der Waals surface area contributed by atoms with Crippen LogP contribution in [0.25, 0.3) is 0 Å². The smallest absolute Gasteiger partial charge is 0.212 e. The predicted molar refractivity (Wildman–Crippen MR) is 56.5 cm³/mol. The first-order valence-electron chi connectivity index (χ1n) is 5.54. The Labute approximate surface area is 86.5 Å². The molecule has 0 bridgehead atoms. The van der Waals surface area contributed by atoms with E-state index < -0.39 is 10.0 Å². The highest BCUT2D eigenvalue weighted by molar-refractivity contribution is 7.90. The van der Waals surface area contributed by atoms with Gasteiger partial charge in [0.1, 0.15) is 0 Å². The van der Waals surface area contributed by atoms with Crippen LogP contribution in [-0.4, -0.2) is 30.6 Å². The first-order chi connectivity index (χ1) is 6.53. The van der Waals surface area contributed by atoms with Crippen LogP contribution >= 0.6 is 0 Å². The summed E-state index contributed by atoms with van der Waals surface area (Å²) in [6.45, 7) is 4.98. The minimum Gasteiger partial charge on any atom is -0.212 e. The Hall–Kier alpha value is -0.0900. The summed E-state index contributed by atoms with van der Waals surface area (Å²) in [4.78, 5) is 0. The van der Waals surface area contributed by atoms with E-state index in [4.69, 9.17) is 0 Å². The maximum absolute atomic E-state index is 12.0. The molecular weight excluding hydrogens is 198 g/mol. The molecule has 2 fully saturated rings. The maximum Gasteiger partial charge on any atom is 0.217 e. The molecule has 0 radical (unpaired) electrons. The van der Waals surface area contributed by atoms with Gasteiger partial charge in [-0.15, -0.1) is 0 Å². The van der Waals surface area contributed by atoms with Crippen molar-refractivity contribution < 1.29 is 8.42 Å². The van der Waals surface area contributed by atoms with E-state index in [9.17, 15) is 8.42 Å². The standard InChI is InChI=1S/C10H19NO2S/c1-8(2)10-4-3-7-11(10)14(12,13)9-5-6-9/h8-10H,3-7H2,1-2H3. The molecule has 4 heteroatoms. The SMILES string of the molecule is CC(C)C1CCCN1S(=O)(=O)C1CC1. The quantitative estimate of drug-likeness (QED) is 0.720. The van der Waals surface area contributed by atoms with E-state index in [1.54, 1.807) is 4.31 Å². The monoisotopic (exact) mass is 217 g/mol. The van der Waals surface area contributed by atoms with Gasteiger partial charge in [-0.1, -0.05) is 13.8 Å². The van der Waals surface area contributed by atoms with Crippen molar-refractivity contribution in [1.82, 2.24) is 4.31 Å². The van der Waals surface area contributed by atoms with Gasteiger partial charge in [0.15, 0.2) is 0 Å². The molecule has 14 heavy (non-hydrogen) atoms. The largest absolute Gasteiger partial charge is 0.217 e. The first-order valence-corrected chi connectivity index (χ1v) is 7.04. The molecule has 3 nitrogen and oxygen atoms in total.